The minimum Gasteiger partial charge on any atom is -0.343 e. The lowest BCUT2D eigenvalue weighted by Crippen LogP contribution is -2.42. The molecule has 5 rings (SSSR count). The number of aryl methyl sites for hydroxylation is 1. The average Bonchev–Trinajstić information content (AvgIpc) is 3.53. The van der Waals surface area contributed by atoms with Gasteiger partial charge in [0.1, 0.15) is 11.5 Å². The fourth-order valence-electron chi connectivity index (χ4n) is 4.75. The highest BCUT2D eigenvalue weighted by atomic mass is 16.2. The number of amides is 1. The molecular formula is C21H27N9O. The Morgan fingerprint density at radius 3 is 2.71 bits per heavy atom. The van der Waals surface area contributed by atoms with Gasteiger partial charge < -0.3 is 9.80 Å². The maximum atomic E-state index is 12.3. The van der Waals surface area contributed by atoms with Gasteiger partial charge in [0.15, 0.2) is 17.3 Å². The van der Waals surface area contributed by atoms with Gasteiger partial charge in [-0.2, -0.15) is 10.1 Å². The Bertz CT molecular complexity index is 1130. The molecule has 0 N–H and O–H groups in total. The van der Waals surface area contributed by atoms with Crippen molar-refractivity contribution < 1.29 is 4.79 Å². The summed E-state index contributed by atoms with van der Waals surface area (Å²) in [5.41, 5.74) is 1.26. The normalized spacial score (nSPS) is 18.2. The highest BCUT2D eigenvalue weighted by Crippen LogP contribution is 2.43. The number of fused-ring (bicyclic) bond motifs is 3. The third kappa shape index (κ3) is 3.08. The fraction of sp³-hybridized carbons (Fsp3) is 0.524. The second kappa shape index (κ2) is 7.44. The number of carbonyl (C=O) groups is 1. The van der Waals surface area contributed by atoms with E-state index in [1.807, 2.05) is 13.1 Å². The lowest BCUT2D eigenvalue weighted by atomic mass is 10.0. The molecule has 1 aliphatic heterocycles. The van der Waals surface area contributed by atoms with Crippen molar-refractivity contribution >= 4 is 11.7 Å². The van der Waals surface area contributed by atoms with Crippen LogP contribution in [0.1, 0.15) is 67.2 Å². The van der Waals surface area contributed by atoms with E-state index in [4.69, 9.17) is 4.98 Å². The van der Waals surface area contributed by atoms with Crippen LogP contribution in [0.2, 0.25) is 0 Å². The van der Waals surface area contributed by atoms with E-state index in [0.717, 1.165) is 42.4 Å². The number of carbonyl (C=O) groups excluding carboxylic acids is 1. The first-order valence-electron chi connectivity index (χ1n) is 10.8. The summed E-state index contributed by atoms with van der Waals surface area (Å²) in [6.07, 6.45) is 9.21. The first kappa shape index (κ1) is 19.7. The smallest absolute Gasteiger partial charge is 0.273 e. The van der Waals surface area contributed by atoms with Crippen molar-refractivity contribution in [2.24, 2.45) is 0 Å². The van der Waals surface area contributed by atoms with Crippen molar-refractivity contribution in [2.75, 3.05) is 19.0 Å². The quantitative estimate of drug-likeness (QED) is 0.638. The van der Waals surface area contributed by atoms with Crippen molar-refractivity contribution in [1.82, 2.24) is 39.4 Å². The largest absolute Gasteiger partial charge is 0.343 e. The van der Waals surface area contributed by atoms with Gasteiger partial charge in [-0.15, -0.1) is 10.2 Å². The summed E-state index contributed by atoms with van der Waals surface area (Å²) >= 11 is 0. The van der Waals surface area contributed by atoms with Gasteiger partial charge in [0, 0.05) is 26.3 Å². The molecule has 1 saturated carbocycles. The Labute approximate surface area is 180 Å². The Morgan fingerprint density at radius 1 is 1.23 bits per heavy atom. The number of nitrogens with zero attached hydrogens (tertiary/aromatic N) is 9. The highest BCUT2D eigenvalue weighted by Gasteiger charge is 2.39. The van der Waals surface area contributed by atoms with Crippen LogP contribution in [-0.2, 0) is 0 Å². The van der Waals surface area contributed by atoms with E-state index in [0.29, 0.717) is 17.7 Å². The standard InChI is InChI=1S/C21H27N9O/c1-5-16-19-25-24-13(2)29(19)17-12-22-21(23-18(17)30(16)14-8-6-7-9-14)28-11-10-15(26-28)20(31)27(3)4/h10-12,14,16H,5-9H2,1-4H3/t16-/m1/s1. The number of aromatic nitrogens is 7. The first-order valence-corrected chi connectivity index (χ1v) is 10.8. The summed E-state index contributed by atoms with van der Waals surface area (Å²) in [5, 5.41) is 13.3. The average molecular weight is 422 g/mol. The maximum Gasteiger partial charge on any atom is 0.273 e. The Balaban J connectivity index is 1.63. The molecule has 10 nitrogen and oxygen atoms in total. The summed E-state index contributed by atoms with van der Waals surface area (Å²) in [6.45, 7) is 4.14. The fourth-order valence-corrected chi connectivity index (χ4v) is 4.75. The molecule has 0 aromatic carbocycles. The summed E-state index contributed by atoms with van der Waals surface area (Å²) < 4.78 is 3.64. The second-order valence-corrected chi connectivity index (χ2v) is 8.43. The molecule has 1 atom stereocenters. The molecule has 10 heteroatoms. The molecular weight excluding hydrogens is 394 g/mol. The highest BCUT2D eigenvalue weighted by molar-refractivity contribution is 5.91. The van der Waals surface area contributed by atoms with Crippen molar-refractivity contribution in [3.63, 3.8) is 0 Å². The second-order valence-electron chi connectivity index (χ2n) is 8.43. The van der Waals surface area contributed by atoms with Crippen LogP contribution in [0.3, 0.4) is 0 Å². The maximum absolute atomic E-state index is 12.3. The van der Waals surface area contributed by atoms with Crippen LogP contribution < -0.4 is 4.90 Å². The van der Waals surface area contributed by atoms with Gasteiger partial charge in [0.05, 0.1) is 12.2 Å². The van der Waals surface area contributed by atoms with E-state index in [1.54, 1.807) is 31.0 Å². The van der Waals surface area contributed by atoms with Gasteiger partial charge in [-0.1, -0.05) is 19.8 Å². The molecule has 162 valence electrons. The monoisotopic (exact) mass is 421 g/mol. The van der Waals surface area contributed by atoms with Crippen LogP contribution in [0, 0.1) is 6.92 Å². The van der Waals surface area contributed by atoms with E-state index in [9.17, 15) is 4.79 Å². The molecule has 3 aromatic heterocycles. The molecule has 0 bridgehead atoms. The molecule has 1 amide bonds. The zero-order chi connectivity index (χ0) is 21.7. The van der Waals surface area contributed by atoms with Gasteiger partial charge in [0.25, 0.3) is 11.9 Å². The summed E-state index contributed by atoms with van der Waals surface area (Å²) in [4.78, 5) is 25.7. The van der Waals surface area contributed by atoms with E-state index in [1.165, 1.54) is 17.7 Å². The summed E-state index contributed by atoms with van der Waals surface area (Å²) in [5.74, 6) is 2.96. The molecule has 2 aliphatic rings. The predicted octanol–water partition coefficient (Wildman–Crippen LogP) is 2.47. The predicted molar refractivity (Wildman–Crippen MR) is 115 cm³/mol. The molecule has 0 spiro atoms. The SMILES string of the molecule is CC[C@@H]1c2nnc(C)n2-c2cnc(-n3ccc(C(=O)N(C)C)n3)nc2N1C1CCCC1. The van der Waals surface area contributed by atoms with E-state index in [-0.39, 0.29) is 11.9 Å². The van der Waals surface area contributed by atoms with Crippen molar-refractivity contribution in [2.45, 2.75) is 58.0 Å². The molecule has 0 unspecified atom stereocenters. The lowest BCUT2D eigenvalue weighted by Gasteiger charge is -2.41. The van der Waals surface area contributed by atoms with Crippen LogP contribution >= 0.6 is 0 Å². The molecule has 0 radical (unpaired) electrons. The Morgan fingerprint density at radius 2 is 2.00 bits per heavy atom. The zero-order valence-electron chi connectivity index (χ0n) is 18.4. The van der Waals surface area contributed by atoms with Crippen LogP contribution in [0.4, 0.5) is 5.82 Å². The lowest BCUT2D eigenvalue weighted by molar-refractivity contribution is 0.0821. The minimum atomic E-state index is -0.153. The number of hydrogen-bond donors (Lipinski definition) is 0. The van der Waals surface area contributed by atoms with E-state index >= 15 is 0 Å². The van der Waals surface area contributed by atoms with Gasteiger partial charge in [-0.25, -0.2) is 9.67 Å². The summed E-state index contributed by atoms with van der Waals surface area (Å²) in [7, 11) is 3.42. The topological polar surface area (TPSA) is 97.9 Å². The molecule has 31 heavy (non-hydrogen) atoms. The van der Waals surface area contributed by atoms with Crippen LogP contribution in [0.25, 0.3) is 11.6 Å². The molecule has 1 aliphatic carbocycles. The first-order chi connectivity index (χ1) is 15.0. The van der Waals surface area contributed by atoms with Gasteiger partial charge in [-0.05, 0) is 32.3 Å². The van der Waals surface area contributed by atoms with Gasteiger partial charge >= 0.3 is 0 Å². The van der Waals surface area contributed by atoms with Gasteiger partial charge in [0.2, 0.25) is 0 Å². The third-order valence-electron chi connectivity index (χ3n) is 6.23. The third-order valence-corrected chi connectivity index (χ3v) is 6.23. The van der Waals surface area contributed by atoms with Crippen LogP contribution in [-0.4, -0.2) is 65.5 Å². The van der Waals surface area contributed by atoms with Crippen LogP contribution in [0.15, 0.2) is 18.5 Å². The van der Waals surface area contributed by atoms with E-state index < -0.39 is 0 Å². The molecule has 4 heterocycles. The number of hydrogen-bond acceptors (Lipinski definition) is 7. The Hall–Kier alpha value is -3.30. The molecule has 3 aromatic rings. The minimum absolute atomic E-state index is 0.114. The number of anilines is 1. The number of rotatable bonds is 4. The van der Waals surface area contributed by atoms with Crippen LogP contribution in [0.5, 0.6) is 0 Å². The van der Waals surface area contributed by atoms with Crippen molar-refractivity contribution in [3.05, 3.63) is 35.8 Å². The van der Waals surface area contributed by atoms with Crippen molar-refractivity contribution in [1.29, 1.82) is 0 Å². The van der Waals surface area contributed by atoms with Gasteiger partial charge in [-0.3, -0.25) is 9.36 Å². The zero-order valence-corrected chi connectivity index (χ0v) is 18.4. The van der Waals surface area contributed by atoms with E-state index in [2.05, 4.69) is 36.7 Å². The molecule has 0 saturated heterocycles. The molecule has 1 fully saturated rings. The Kier molecular flexibility index (Phi) is 4.71. The van der Waals surface area contributed by atoms with Crippen molar-refractivity contribution in [3.8, 4) is 11.6 Å². The summed E-state index contributed by atoms with van der Waals surface area (Å²) in [6, 6.07) is 2.22.